The Bertz CT molecular complexity index is 927. The van der Waals surface area contributed by atoms with Gasteiger partial charge < -0.3 is 9.84 Å². The van der Waals surface area contributed by atoms with E-state index in [1.807, 2.05) is 37.3 Å². The first-order valence-corrected chi connectivity index (χ1v) is 8.56. The molecule has 0 radical (unpaired) electrons. The predicted octanol–water partition coefficient (Wildman–Crippen LogP) is 5.81. The molecule has 0 heterocycles. The van der Waals surface area contributed by atoms with Crippen LogP contribution in [-0.2, 0) is 5.41 Å². The zero-order chi connectivity index (χ0) is 18.7. The number of carbonyl (C=O) groups is 1. The number of benzene rings is 3. The van der Waals surface area contributed by atoms with Crippen LogP contribution in [0.2, 0.25) is 0 Å². The first kappa shape index (κ1) is 17.7. The number of hydrogen-bond donors (Lipinski definition) is 1. The number of aromatic carboxylic acids is 1. The first-order valence-electron chi connectivity index (χ1n) is 8.56. The Morgan fingerprint density at radius 3 is 2.23 bits per heavy atom. The molecule has 0 saturated heterocycles. The number of hydrogen-bond acceptors (Lipinski definition) is 2. The van der Waals surface area contributed by atoms with E-state index in [9.17, 15) is 9.90 Å². The average Bonchev–Trinajstić information content (AvgIpc) is 2.64. The Morgan fingerprint density at radius 1 is 0.885 bits per heavy atom. The lowest BCUT2D eigenvalue weighted by atomic mass is 9.77. The summed E-state index contributed by atoms with van der Waals surface area (Å²) in [7, 11) is 0. The molecule has 26 heavy (non-hydrogen) atoms. The highest BCUT2D eigenvalue weighted by Gasteiger charge is 2.27. The molecule has 3 aromatic carbocycles. The second kappa shape index (κ2) is 7.04. The molecule has 3 aromatic rings. The zero-order valence-electron chi connectivity index (χ0n) is 15.2. The largest absolute Gasteiger partial charge is 0.478 e. The molecule has 0 unspecified atom stereocenters. The molecule has 0 aromatic heterocycles. The Kier molecular flexibility index (Phi) is 4.81. The maximum absolute atomic E-state index is 11.5. The van der Waals surface area contributed by atoms with Crippen molar-refractivity contribution in [2.75, 3.05) is 0 Å². The van der Waals surface area contributed by atoms with Gasteiger partial charge in [0.1, 0.15) is 17.1 Å². The van der Waals surface area contributed by atoms with Gasteiger partial charge in [0, 0.05) is 11.0 Å². The maximum Gasteiger partial charge on any atom is 0.339 e. The number of aryl methyl sites for hydroxylation is 1. The fraction of sp³-hybridized carbons (Fsp3) is 0.174. The molecular formula is C23H22O3. The fourth-order valence-electron chi connectivity index (χ4n) is 3.08. The van der Waals surface area contributed by atoms with Crippen molar-refractivity contribution in [3.8, 4) is 11.5 Å². The van der Waals surface area contributed by atoms with Crippen LogP contribution in [0.3, 0.4) is 0 Å². The summed E-state index contributed by atoms with van der Waals surface area (Å²) in [6.45, 7) is 6.33. The van der Waals surface area contributed by atoms with Gasteiger partial charge in [0.15, 0.2) is 0 Å². The molecule has 0 aliphatic rings. The molecule has 3 rings (SSSR count). The SMILES string of the molecule is Cc1ccc(Oc2ccccc2C(=O)O)c(C(C)(C)c2ccccc2)c1. The van der Waals surface area contributed by atoms with Crippen molar-refractivity contribution < 1.29 is 14.6 Å². The van der Waals surface area contributed by atoms with E-state index in [1.165, 1.54) is 5.56 Å². The predicted molar refractivity (Wildman–Crippen MR) is 103 cm³/mol. The quantitative estimate of drug-likeness (QED) is 0.634. The van der Waals surface area contributed by atoms with Crippen LogP contribution >= 0.6 is 0 Å². The van der Waals surface area contributed by atoms with E-state index < -0.39 is 5.97 Å². The summed E-state index contributed by atoms with van der Waals surface area (Å²) in [6.07, 6.45) is 0. The van der Waals surface area contributed by atoms with Gasteiger partial charge in [0.05, 0.1) is 0 Å². The Balaban J connectivity index is 2.09. The lowest BCUT2D eigenvalue weighted by Gasteiger charge is -2.28. The smallest absolute Gasteiger partial charge is 0.339 e. The van der Waals surface area contributed by atoms with Crippen molar-refractivity contribution in [3.05, 3.63) is 95.1 Å². The van der Waals surface area contributed by atoms with Gasteiger partial charge in [-0.25, -0.2) is 4.79 Å². The molecule has 3 nitrogen and oxygen atoms in total. The minimum atomic E-state index is -1.00. The fourth-order valence-corrected chi connectivity index (χ4v) is 3.08. The molecule has 3 heteroatoms. The highest BCUT2D eigenvalue weighted by Crippen LogP contribution is 2.40. The van der Waals surface area contributed by atoms with Gasteiger partial charge in [-0.05, 0) is 30.7 Å². The van der Waals surface area contributed by atoms with Gasteiger partial charge >= 0.3 is 5.97 Å². The van der Waals surface area contributed by atoms with E-state index in [1.54, 1.807) is 24.3 Å². The third-order valence-electron chi connectivity index (χ3n) is 4.64. The van der Waals surface area contributed by atoms with Crippen molar-refractivity contribution in [2.45, 2.75) is 26.2 Å². The zero-order valence-corrected chi connectivity index (χ0v) is 15.2. The number of carboxylic acids is 1. The van der Waals surface area contributed by atoms with Gasteiger partial charge in [0.2, 0.25) is 0 Å². The lowest BCUT2D eigenvalue weighted by Crippen LogP contribution is -2.20. The average molecular weight is 346 g/mol. The van der Waals surface area contributed by atoms with Crippen LogP contribution in [0.25, 0.3) is 0 Å². The molecule has 0 fully saturated rings. The molecule has 0 aliphatic carbocycles. The number of carboxylic acid groups (broad SMARTS) is 1. The van der Waals surface area contributed by atoms with E-state index >= 15 is 0 Å². The summed E-state index contributed by atoms with van der Waals surface area (Å²) in [6, 6.07) is 22.9. The Labute approximate surface area is 153 Å². The Hall–Kier alpha value is -3.07. The second-order valence-corrected chi connectivity index (χ2v) is 6.89. The molecule has 0 saturated carbocycles. The molecule has 1 N–H and O–H groups in total. The van der Waals surface area contributed by atoms with E-state index in [2.05, 4.69) is 32.0 Å². The molecule has 0 spiro atoms. The Morgan fingerprint density at radius 2 is 1.54 bits per heavy atom. The van der Waals surface area contributed by atoms with Crippen molar-refractivity contribution in [1.29, 1.82) is 0 Å². The first-order chi connectivity index (χ1) is 12.4. The van der Waals surface area contributed by atoms with Crippen LogP contribution < -0.4 is 4.74 Å². The van der Waals surface area contributed by atoms with Crippen molar-refractivity contribution in [3.63, 3.8) is 0 Å². The normalized spacial score (nSPS) is 11.2. The molecular weight excluding hydrogens is 324 g/mol. The van der Waals surface area contributed by atoms with Crippen molar-refractivity contribution in [2.24, 2.45) is 0 Å². The summed E-state index contributed by atoms with van der Waals surface area (Å²) in [5.74, 6) is 0.00343. The van der Waals surface area contributed by atoms with E-state index in [0.717, 1.165) is 11.1 Å². The number of rotatable bonds is 5. The molecule has 0 atom stereocenters. The summed E-state index contributed by atoms with van der Waals surface area (Å²) in [5, 5.41) is 9.41. The summed E-state index contributed by atoms with van der Waals surface area (Å²) in [4.78, 5) is 11.5. The number of para-hydroxylation sites is 1. The highest BCUT2D eigenvalue weighted by molar-refractivity contribution is 5.91. The monoisotopic (exact) mass is 346 g/mol. The van der Waals surface area contributed by atoms with Gasteiger partial charge in [0.25, 0.3) is 0 Å². The van der Waals surface area contributed by atoms with E-state index in [-0.39, 0.29) is 11.0 Å². The van der Waals surface area contributed by atoms with Gasteiger partial charge in [-0.15, -0.1) is 0 Å². The summed E-state index contributed by atoms with van der Waals surface area (Å²) in [5.41, 5.74) is 3.17. The van der Waals surface area contributed by atoms with Gasteiger partial charge in [-0.1, -0.05) is 74.0 Å². The maximum atomic E-state index is 11.5. The van der Waals surface area contributed by atoms with Crippen LogP contribution in [0.4, 0.5) is 0 Å². The van der Waals surface area contributed by atoms with Crippen LogP contribution in [0, 0.1) is 6.92 Å². The third-order valence-corrected chi connectivity index (χ3v) is 4.64. The number of ether oxygens (including phenoxy) is 1. The van der Waals surface area contributed by atoms with Gasteiger partial charge in [-0.3, -0.25) is 0 Å². The van der Waals surface area contributed by atoms with Crippen LogP contribution in [-0.4, -0.2) is 11.1 Å². The van der Waals surface area contributed by atoms with Crippen molar-refractivity contribution >= 4 is 5.97 Å². The minimum Gasteiger partial charge on any atom is -0.478 e. The van der Waals surface area contributed by atoms with Crippen molar-refractivity contribution in [1.82, 2.24) is 0 Å². The van der Waals surface area contributed by atoms with Crippen LogP contribution in [0.1, 0.15) is 40.9 Å². The van der Waals surface area contributed by atoms with Crippen LogP contribution in [0.15, 0.2) is 72.8 Å². The van der Waals surface area contributed by atoms with Gasteiger partial charge in [-0.2, -0.15) is 0 Å². The standard InChI is InChI=1S/C23H22O3/c1-16-13-14-21(26-20-12-8-7-11-18(20)22(24)25)19(15-16)23(2,3)17-9-5-4-6-10-17/h4-15H,1-3H3,(H,24,25). The minimum absolute atomic E-state index is 0.150. The van der Waals surface area contributed by atoms with E-state index in [0.29, 0.717) is 11.5 Å². The summed E-state index contributed by atoms with van der Waals surface area (Å²) >= 11 is 0. The molecule has 132 valence electrons. The van der Waals surface area contributed by atoms with E-state index in [4.69, 9.17) is 4.74 Å². The van der Waals surface area contributed by atoms with Crippen LogP contribution in [0.5, 0.6) is 11.5 Å². The molecule has 0 bridgehead atoms. The highest BCUT2D eigenvalue weighted by atomic mass is 16.5. The molecule has 0 aliphatic heterocycles. The topological polar surface area (TPSA) is 46.5 Å². The lowest BCUT2D eigenvalue weighted by molar-refractivity contribution is 0.0694. The summed E-state index contributed by atoms with van der Waals surface area (Å²) < 4.78 is 6.08. The third kappa shape index (κ3) is 3.47. The molecule has 0 amide bonds. The second-order valence-electron chi connectivity index (χ2n) is 6.89.